The molecule has 0 N–H and O–H groups in total. The summed E-state index contributed by atoms with van der Waals surface area (Å²) in [5, 5.41) is 5.40. The highest BCUT2D eigenvalue weighted by atomic mass is 16.2. The summed E-state index contributed by atoms with van der Waals surface area (Å²) in [6.07, 6.45) is 4.16. The van der Waals surface area contributed by atoms with Crippen molar-refractivity contribution in [1.82, 2.24) is 19.7 Å². The summed E-state index contributed by atoms with van der Waals surface area (Å²) in [6, 6.07) is 2.25. The molecule has 0 bridgehead atoms. The normalized spacial score (nSPS) is 14.8. The van der Waals surface area contributed by atoms with Gasteiger partial charge in [-0.2, -0.15) is 5.10 Å². The summed E-state index contributed by atoms with van der Waals surface area (Å²) in [4.78, 5) is 20.3. The third-order valence-electron chi connectivity index (χ3n) is 4.76. The van der Waals surface area contributed by atoms with Crippen LogP contribution >= 0.6 is 0 Å². The highest BCUT2D eigenvalue weighted by Crippen LogP contribution is 2.40. The SMILES string of the molecule is CC(C)CN(CC(C)C)C(=O)c1cc(C2CC2)nc2c1cnn2C(C)C. The fourth-order valence-corrected chi connectivity index (χ4v) is 3.47. The zero-order valence-corrected chi connectivity index (χ0v) is 17.0. The fourth-order valence-electron chi connectivity index (χ4n) is 3.47. The van der Waals surface area contributed by atoms with Crippen molar-refractivity contribution in [3.63, 3.8) is 0 Å². The lowest BCUT2D eigenvalue weighted by molar-refractivity contribution is 0.0717. The number of amides is 1. The van der Waals surface area contributed by atoms with Gasteiger partial charge < -0.3 is 4.90 Å². The van der Waals surface area contributed by atoms with Crippen molar-refractivity contribution in [3.8, 4) is 0 Å². The first-order valence-corrected chi connectivity index (χ1v) is 9.95. The van der Waals surface area contributed by atoms with Crippen molar-refractivity contribution in [2.75, 3.05) is 13.1 Å². The molecule has 1 fully saturated rings. The molecule has 142 valence electrons. The van der Waals surface area contributed by atoms with Crippen LogP contribution < -0.4 is 0 Å². The Labute approximate surface area is 156 Å². The van der Waals surface area contributed by atoms with E-state index in [1.165, 1.54) is 12.8 Å². The Kier molecular flexibility index (Phi) is 5.35. The van der Waals surface area contributed by atoms with Crippen molar-refractivity contribution in [2.24, 2.45) is 11.8 Å². The van der Waals surface area contributed by atoms with Gasteiger partial charge in [-0.3, -0.25) is 4.79 Å². The second-order valence-electron chi connectivity index (χ2n) is 8.79. The van der Waals surface area contributed by atoms with E-state index in [2.05, 4.69) is 46.6 Å². The first-order valence-electron chi connectivity index (χ1n) is 9.95. The van der Waals surface area contributed by atoms with Crippen LogP contribution in [0.1, 0.15) is 82.4 Å². The molecule has 0 unspecified atom stereocenters. The number of nitrogens with zero attached hydrogens (tertiary/aromatic N) is 4. The van der Waals surface area contributed by atoms with Crippen molar-refractivity contribution < 1.29 is 4.79 Å². The maximum absolute atomic E-state index is 13.5. The lowest BCUT2D eigenvalue weighted by Gasteiger charge is -2.27. The number of rotatable bonds is 7. The zero-order valence-electron chi connectivity index (χ0n) is 17.0. The molecule has 0 spiro atoms. The summed E-state index contributed by atoms with van der Waals surface area (Å²) in [5.41, 5.74) is 2.67. The van der Waals surface area contributed by atoms with E-state index in [0.29, 0.717) is 17.8 Å². The van der Waals surface area contributed by atoms with Gasteiger partial charge in [-0.1, -0.05) is 27.7 Å². The molecule has 0 radical (unpaired) electrons. The largest absolute Gasteiger partial charge is 0.338 e. The summed E-state index contributed by atoms with van der Waals surface area (Å²) < 4.78 is 1.94. The molecule has 0 aliphatic heterocycles. The van der Waals surface area contributed by atoms with Crippen LogP contribution in [0, 0.1) is 11.8 Å². The molecule has 1 aliphatic carbocycles. The summed E-state index contributed by atoms with van der Waals surface area (Å²) >= 11 is 0. The monoisotopic (exact) mass is 356 g/mol. The zero-order chi connectivity index (χ0) is 19.0. The van der Waals surface area contributed by atoms with E-state index in [-0.39, 0.29) is 11.9 Å². The van der Waals surface area contributed by atoms with E-state index >= 15 is 0 Å². The minimum Gasteiger partial charge on any atom is -0.338 e. The number of carbonyl (C=O) groups is 1. The molecular formula is C21H32N4O. The molecule has 5 nitrogen and oxygen atoms in total. The molecule has 3 rings (SSSR count). The van der Waals surface area contributed by atoms with Gasteiger partial charge in [0.15, 0.2) is 5.65 Å². The molecule has 1 aliphatic rings. The van der Waals surface area contributed by atoms with Crippen molar-refractivity contribution in [2.45, 2.75) is 66.3 Å². The minimum absolute atomic E-state index is 0.116. The molecule has 5 heteroatoms. The summed E-state index contributed by atoms with van der Waals surface area (Å²) in [5.74, 6) is 1.50. The van der Waals surface area contributed by atoms with Gasteiger partial charge in [-0.05, 0) is 44.6 Å². The average molecular weight is 357 g/mol. The maximum Gasteiger partial charge on any atom is 0.254 e. The Balaban J connectivity index is 2.07. The second kappa shape index (κ2) is 7.37. The van der Waals surface area contributed by atoms with Crippen LogP contribution in [-0.4, -0.2) is 38.7 Å². The van der Waals surface area contributed by atoms with Gasteiger partial charge in [-0.25, -0.2) is 9.67 Å². The van der Waals surface area contributed by atoms with Crippen molar-refractivity contribution in [3.05, 3.63) is 23.5 Å². The van der Waals surface area contributed by atoms with Crippen LogP contribution in [-0.2, 0) is 0 Å². The van der Waals surface area contributed by atoms with Gasteiger partial charge in [-0.15, -0.1) is 0 Å². The smallest absolute Gasteiger partial charge is 0.254 e. The van der Waals surface area contributed by atoms with Gasteiger partial charge in [0.1, 0.15) is 0 Å². The highest BCUT2D eigenvalue weighted by molar-refractivity contribution is 6.05. The highest BCUT2D eigenvalue weighted by Gasteiger charge is 2.29. The quantitative estimate of drug-likeness (QED) is 0.726. The number of fused-ring (bicyclic) bond motifs is 1. The van der Waals surface area contributed by atoms with Crippen molar-refractivity contribution >= 4 is 16.9 Å². The van der Waals surface area contributed by atoms with Crippen LogP contribution in [0.2, 0.25) is 0 Å². The van der Waals surface area contributed by atoms with Crippen molar-refractivity contribution in [1.29, 1.82) is 0 Å². The third kappa shape index (κ3) is 3.92. The fraction of sp³-hybridized carbons (Fsp3) is 0.667. The van der Waals surface area contributed by atoms with Gasteiger partial charge in [0.25, 0.3) is 5.91 Å². The van der Waals surface area contributed by atoms with E-state index in [1.807, 2.05) is 21.8 Å². The molecular weight excluding hydrogens is 324 g/mol. The van der Waals surface area contributed by atoms with Gasteiger partial charge in [0.2, 0.25) is 0 Å². The number of aromatic nitrogens is 3. The third-order valence-corrected chi connectivity index (χ3v) is 4.76. The van der Waals surface area contributed by atoms with E-state index in [1.54, 1.807) is 0 Å². The van der Waals surface area contributed by atoms with Crippen LogP contribution in [0.3, 0.4) is 0 Å². The topological polar surface area (TPSA) is 51.0 Å². The van der Waals surface area contributed by atoms with Crippen LogP contribution in [0.5, 0.6) is 0 Å². The molecule has 0 aromatic carbocycles. The number of hydrogen-bond donors (Lipinski definition) is 0. The standard InChI is InChI=1S/C21H32N4O/c1-13(2)11-24(12-14(3)4)21(26)17-9-19(16-7-8-16)23-20-18(17)10-22-25(20)15(5)6/h9-10,13-16H,7-8,11-12H2,1-6H3. The maximum atomic E-state index is 13.5. The number of carbonyl (C=O) groups excluding carboxylic acids is 1. The molecule has 0 atom stereocenters. The predicted octanol–water partition coefficient (Wildman–Crippen LogP) is 4.64. The van der Waals surface area contributed by atoms with E-state index in [4.69, 9.17) is 4.98 Å². The number of pyridine rings is 1. The van der Waals surface area contributed by atoms with E-state index in [0.717, 1.165) is 35.4 Å². The molecule has 2 heterocycles. The first-order chi connectivity index (χ1) is 12.3. The van der Waals surface area contributed by atoms with Crippen LogP contribution in [0.25, 0.3) is 11.0 Å². The van der Waals surface area contributed by atoms with E-state index < -0.39 is 0 Å². The minimum atomic E-state index is 0.116. The van der Waals surface area contributed by atoms with Crippen LogP contribution in [0.15, 0.2) is 12.3 Å². The molecule has 26 heavy (non-hydrogen) atoms. The Bertz CT molecular complexity index is 777. The van der Waals surface area contributed by atoms with Gasteiger partial charge in [0, 0.05) is 30.7 Å². The van der Waals surface area contributed by atoms with Gasteiger partial charge in [0.05, 0.1) is 17.1 Å². The van der Waals surface area contributed by atoms with Crippen LogP contribution in [0.4, 0.5) is 0 Å². The molecule has 2 aromatic rings. The molecule has 1 amide bonds. The second-order valence-corrected chi connectivity index (χ2v) is 8.79. The lowest BCUT2D eigenvalue weighted by atomic mass is 10.1. The summed E-state index contributed by atoms with van der Waals surface area (Å²) in [6.45, 7) is 14.4. The average Bonchev–Trinajstić information content (AvgIpc) is 3.30. The Hall–Kier alpha value is -1.91. The number of hydrogen-bond acceptors (Lipinski definition) is 3. The first kappa shape index (κ1) is 18.9. The molecule has 2 aromatic heterocycles. The Morgan fingerprint density at radius 3 is 2.27 bits per heavy atom. The Morgan fingerprint density at radius 2 is 1.77 bits per heavy atom. The lowest BCUT2D eigenvalue weighted by Crippen LogP contribution is -2.37. The predicted molar refractivity (Wildman–Crippen MR) is 105 cm³/mol. The van der Waals surface area contributed by atoms with Gasteiger partial charge >= 0.3 is 0 Å². The molecule has 1 saturated carbocycles. The summed E-state index contributed by atoms with van der Waals surface area (Å²) in [7, 11) is 0. The van der Waals surface area contributed by atoms with E-state index in [9.17, 15) is 4.79 Å². The Morgan fingerprint density at radius 1 is 1.15 bits per heavy atom. The molecule has 0 saturated heterocycles.